The van der Waals surface area contributed by atoms with Crippen LogP contribution in [0.2, 0.25) is 0 Å². The van der Waals surface area contributed by atoms with Crippen molar-refractivity contribution in [3.8, 4) is 0 Å². The summed E-state index contributed by atoms with van der Waals surface area (Å²) in [4.78, 5) is 11.1. The lowest BCUT2D eigenvalue weighted by atomic mass is 10.2. The van der Waals surface area contributed by atoms with Crippen molar-refractivity contribution >= 4 is 20.7 Å². The Morgan fingerprint density at radius 2 is 2.00 bits per heavy atom. The highest BCUT2D eigenvalue weighted by Crippen LogP contribution is 2.30. The molecule has 0 spiro atoms. The van der Waals surface area contributed by atoms with E-state index in [0.29, 0.717) is 0 Å². The molecule has 118 valence electrons. The predicted octanol–water partition coefficient (Wildman–Crippen LogP) is 2.19. The average Bonchev–Trinajstić information content (AvgIpc) is 2.86. The van der Waals surface area contributed by atoms with Crippen LogP contribution in [0.15, 0.2) is 65.1 Å². The first-order chi connectivity index (χ1) is 10.9. The molecule has 1 aromatic carbocycles. The second-order valence-corrected chi connectivity index (χ2v) is 7.16. The maximum absolute atomic E-state index is 12.9. The number of nitrogens with zero attached hydrogens (tertiary/aromatic N) is 2. The molecule has 2 aromatic heterocycles. The first-order valence-corrected chi connectivity index (χ1v) is 8.48. The van der Waals surface area contributed by atoms with Gasteiger partial charge in [-0.25, -0.2) is 13.5 Å². The van der Waals surface area contributed by atoms with Crippen LogP contribution < -0.4 is 5.56 Å². The van der Waals surface area contributed by atoms with Crippen molar-refractivity contribution in [1.82, 2.24) is 14.8 Å². The van der Waals surface area contributed by atoms with Gasteiger partial charge in [0.15, 0.2) is 10.4 Å². The zero-order valence-corrected chi connectivity index (χ0v) is 13.2. The van der Waals surface area contributed by atoms with E-state index in [-0.39, 0.29) is 5.03 Å². The first-order valence-electron chi connectivity index (χ1n) is 6.93. The van der Waals surface area contributed by atoms with Crippen molar-refractivity contribution in [1.29, 1.82) is 0 Å². The smallest absolute Gasteiger partial charge is 0.264 e. The minimum absolute atomic E-state index is 0.197. The van der Waals surface area contributed by atoms with E-state index in [1.54, 1.807) is 10.8 Å². The van der Waals surface area contributed by atoms with Gasteiger partial charge in [-0.15, -0.1) is 0 Å². The summed E-state index contributed by atoms with van der Waals surface area (Å²) in [5, 5.41) is 5.56. The van der Waals surface area contributed by atoms with Gasteiger partial charge in [0.05, 0.1) is 0 Å². The van der Waals surface area contributed by atoms with Gasteiger partial charge in [0.25, 0.3) is 5.56 Å². The lowest BCUT2D eigenvalue weighted by Crippen LogP contribution is -2.20. The Labute approximate surface area is 133 Å². The number of hydrogen-bond donors (Lipinski definition) is 1. The maximum Gasteiger partial charge on any atom is 0.264 e. The molecule has 1 atom stereocenters. The highest BCUT2D eigenvalue weighted by Gasteiger charge is 2.29. The summed E-state index contributed by atoms with van der Waals surface area (Å²) < 4.78 is 27.4. The van der Waals surface area contributed by atoms with Gasteiger partial charge in [-0.2, -0.15) is 5.10 Å². The summed E-state index contributed by atoms with van der Waals surface area (Å²) in [7, 11) is -3.84. The molecule has 23 heavy (non-hydrogen) atoms. The molecule has 0 aliphatic heterocycles. The molecule has 0 fully saturated rings. The molecule has 0 saturated heterocycles. The second-order valence-electron chi connectivity index (χ2n) is 5.17. The molecule has 3 rings (SSSR count). The quantitative estimate of drug-likeness (QED) is 0.744. The van der Waals surface area contributed by atoms with Crippen LogP contribution in [0.25, 0.3) is 10.9 Å². The van der Waals surface area contributed by atoms with Crippen LogP contribution >= 0.6 is 0 Å². The van der Waals surface area contributed by atoms with Crippen LogP contribution in [0.1, 0.15) is 10.9 Å². The van der Waals surface area contributed by atoms with E-state index in [9.17, 15) is 13.2 Å². The number of para-hydroxylation sites is 1. The fraction of sp³-hybridized carbons (Fsp3) is 0.125. The Kier molecular flexibility index (Phi) is 3.65. The zero-order chi connectivity index (χ0) is 16.6. The Bertz CT molecular complexity index is 1030. The lowest BCUT2D eigenvalue weighted by molar-refractivity contribution is 0.568. The molecule has 0 radical (unpaired) electrons. The topological polar surface area (TPSA) is 84.8 Å². The van der Waals surface area contributed by atoms with Crippen LogP contribution in [0.3, 0.4) is 0 Å². The van der Waals surface area contributed by atoms with Crippen LogP contribution in [-0.4, -0.2) is 23.2 Å². The first kappa shape index (κ1) is 15.2. The normalized spacial score (nSPS) is 13.1. The third-order valence-electron chi connectivity index (χ3n) is 3.68. The van der Waals surface area contributed by atoms with E-state index >= 15 is 0 Å². The highest BCUT2D eigenvalue weighted by atomic mass is 32.2. The lowest BCUT2D eigenvalue weighted by Gasteiger charge is -2.16. The molecule has 3 aromatic rings. The summed E-state index contributed by atoms with van der Waals surface area (Å²) in [6, 6.07) is 9.88. The predicted molar refractivity (Wildman–Crippen MR) is 88.0 cm³/mol. The van der Waals surface area contributed by atoms with Crippen molar-refractivity contribution < 1.29 is 8.42 Å². The molecule has 0 amide bonds. The van der Waals surface area contributed by atoms with Crippen molar-refractivity contribution in [2.24, 2.45) is 0 Å². The van der Waals surface area contributed by atoms with Gasteiger partial charge >= 0.3 is 0 Å². The number of nitrogens with one attached hydrogen (secondary N) is 1. The number of benzene rings is 1. The standard InChI is InChI=1S/C16H15N3O3S/c1-3-16(23(21,22)15-9-8-14(20)17-18-15)19-10-11(2)12-6-4-5-7-13(12)19/h3-10,16H,1H2,2H3,(H,17,20). The van der Waals surface area contributed by atoms with E-state index in [1.807, 2.05) is 31.2 Å². The van der Waals surface area contributed by atoms with E-state index < -0.39 is 20.8 Å². The molecule has 1 N–H and O–H groups in total. The summed E-state index contributed by atoms with van der Waals surface area (Å²) in [6.07, 6.45) is 3.13. The van der Waals surface area contributed by atoms with E-state index in [1.165, 1.54) is 12.1 Å². The number of hydrogen-bond acceptors (Lipinski definition) is 4. The summed E-state index contributed by atoms with van der Waals surface area (Å²) in [5.41, 5.74) is 1.31. The van der Waals surface area contributed by atoms with Gasteiger partial charge in [-0.1, -0.05) is 30.9 Å². The van der Waals surface area contributed by atoms with Gasteiger partial charge in [-0.3, -0.25) is 4.79 Å². The number of rotatable bonds is 4. The summed E-state index contributed by atoms with van der Waals surface area (Å²) in [6.45, 7) is 5.58. The molecule has 2 heterocycles. The summed E-state index contributed by atoms with van der Waals surface area (Å²) in [5.74, 6) is 0. The van der Waals surface area contributed by atoms with Crippen molar-refractivity contribution in [3.63, 3.8) is 0 Å². The molecular weight excluding hydrogens is 314 g/mol. The molecule has 0 bridgehead atoms. The zero-order valence-electron chi connectivity index (χ0n) is 12.4. The maximum atomic E-state index is 12.9. The van der Waals surface area contributed by atoms with Crippen molar-refractivity contribution in [2.75, 3.05) is 0 Å². The number of aromatic amines is 1. The molecular formula is C16H15N3O3S. The number of fused-ring (bicyclic) bond motifs is 1. The second kappa shape index (κ2) is 5.51. The van der Waals surface area contributed by atoms with E-state index in [0.717, 1.165) is 22.5 Å². The number of aryl methyl sites for hydroxylation is 1. The van der Waals surface area contributed by atoms with Crippen molar-refractivity contribution in [3.05, 3.63) is 71.2 Å². The van der Waals surface area contributed by atoms with Gasteiger partial charge in [0.1, 0.15) is 0 Å². The monoisotopic (exact) mass is 329 g/mol. The fourth-order valence-electron chi connectivity index (χ4n) is 2.59. The number of sulfone groups is 1. The van der Waals surface area contributed by atoms with Crippen LogP contribution in [0.5, 0.6) is 0 Å². The molecule has 0 aliphatic carbocycles. The van der Waals surface area contributed by atoms with Crippen molar-refractivity contribution in [2.45, 2.75) is 17.3 Å². The minimum atomic E-state index is -3.84. The third-order valence-corrected chi connectivity index (χ3v) is 5.54. The Hall–Kier alpha value is -2.67. The molecule has 6 nitrogen and oxygen atoms in total. The average molecular weight is 329 g/mol. The van der Waals surface area contributed by atoms with E-state index in [2.05, 4.69) is 16.8 Å². The van der Waals surface area contributed by atoms with Gasteiger partial charge in [0.2, 0.25) is 9.84 Å². The molecule has 1 unspecified atom stereocenters. The Morgan fingerprint density at radius 1 is 1.26 bits per heavy atom. The third kappa shape index (κ3) is 2.49. The van der Waals surface area contributed by atoms with Crippen LogP contribution in [0.4, 0.5) is 0 Å². The molecule has 0 aliphatic rings. The van der Waals surface area contributed by atoms with Crippen LogP contribution in [0, 0.1) is 6.92 Å². The Morgan fingerprint density at radius 3 is 2.65 bits per heavy atom. The largest absolute Gasteiger partial charge is 0.326 e. The minimum Gasteiger partial charge on any atom is -0.326 e. The highest BCUT2D eigenvalue weighted by molar-refractivity contribution is 7.91. The fourth-order valence-corrected chi connectivity index (χ4v) is 4.00. The van der Waals surface area contributed by atoms with Gasteiger partial charge < -0.3 is 4.57 Å². The van der Waals surface area contributed by atoms with Gasteiger partial charge in [0, 0.05) is 23.2 Å². The number of H-pyrrole nitrogens is 1. The van der Waals surface area contributed by atoms with Crippen LogP contribution in [-0.2, 0) is 9.84 Å². The van der Waals surface area contributed by atoms with Gasteiger partial charge in [-0.05, 0) is 24.6 Å². The number of aromatic nitrogens is 3. The SMILES string of the molecule is C=CC(n1cc(C)c2ccccc21)S(=O)(=O)c1ccc(=O)[nH]n1. The Balaban J connectivity index is 2.20. The molecule has 7 heteroatoms. The van der Waals surface area contributed by atoms with E-state index in [4.69, 9.17) is 0 Å². The molecule has 0 saturated carbocycles. The summed E-state index contributed by atoms with van der Waals surface area (Å²) >= 11 is 0.